The van der Waals surface area contributed by atoms with E-state index in [2.05, 4.69) is 5.10 Å². The Kier molecular flexibility index (Phi) is 2.93. The van der Waals surface area contributed by atoms with Crippen LogP contribution in [-0.2, 0) is 7.05 Å². The van der Waals surface area contributed by atoms with Crippen molar-refractivity contribution in [3.05, 3.63) is 30.3 Å². The van der Waals surface area contributed by atoms with Crippen molar-refractivity contribution < 1.29 is 4.79 Å². The lowest BCUT2D eigenvalue weighted by atomic mass is 10.1. The lowest BCUT2D eigenvalue weighted by molar-refractivity contribution is 0.255. The monoisotopic (exact) mass is 245 g/mol. The summed E-state index contributed by atoms with van der Waals surface area (Å²) in [6.07, 6.45) is 0. The molecule has 1 aromatic heterocycles. The first-order valence-corrected chi connectivity index (χ1v) is 5.43. The van der Waals surface area contributed by atoms with E-state index < -0.39 is 6.03 Å². The molecular formula is C12H15N5O. The van der Waals surface area contributed by atoms with E-state index in [0.717, 1.165) is 5.56 Å². The van der Waals surface area contributed by atoms with Gasteiger partial charge >= 0.3 is 6.03 Å². The summed E-state index contributed by atoms with van der Waals surface area (Å²) in [6.45, 7) is 0. The minimum absolute atomic E-state index is 0.522. The highest BCUT2D eigenvalue weighted by Crippen LogP contribution is 2.29. The van der Waals surface area contributed by atoms with Crippen LogP contribution in [-0.4, -0.2) is 22.9 Å². The number of anilines is 2. The van der Waals surface area contributed by atoms with Crippen molar-refractivity contribution in [2.75, 3.05) is 17.7 Å². The lowest BCUT2D eigenvalue weighted by Crippen LogP contribution is -2.32. The topological polar surface area (TPSA) is 90.2 Å². The molecule has 0 aliphatic rings. The molecule has 94 valence electrons. The number of primary amides is 1. The van der Waals surface area contributed by atoms with Crippen molar-refractivity contribution in [3.8, 4) is 11.3 Å². The Hall–Kier alpha value is -2.50. The van der Waals surface area contributed by atoms with Gasteiger partial charge in [-0.1, -0.05) is 18.2 Å². The van der Waals surface area contributed by atoms with Gasteiger partial charge in [0.05, 0.1) is 11.4 Å². The smallest absolute Gasteiger partial charge is 0.319 e. The van der Waals surface area contributed by atoms with E-state index in [1.54, 1.807) is 24.8 Å². The molecular weight excluding hydrogens is 230 g/mol. The third-order valence-electron chi connectivity index (χ3n) is 2.79. The molecule has 0 saturated heterocycles. The van der Waals surface area contributed by atoms with Gasteiger partial charge in [-0.15, -0.1) is 0 Å². The number of amides is 2. The predicted octanol–water partition coefficient (Wildman–Crippen LogP) is 1.18. The number of aryl methyl sites for hydroxylation is 1. The second-order valence-corrected chi connectivity index (χ2v) is 3.99. The molecule has 0 aliphatic heterocycles. The van der Waals surface area contributed by atoms with Crippen LogP contribution in [0.1, 0.15) is 0 Å². The molecule has 0 radical (unpaired) electrons. The molecule has 0 saturated carbocycles. The Labute approximate surface area is 105 Å². The number of aromatic nitrogens is 2. The maximum atomic E-state index is 11.3. The molecule has 0 aliphatic carbocycles. The van der Waals surface area contributed by atoms with Gasteiger partial charge in [0.15, 0.2) is 0 Å². The zero-order valence-corrected chi connectivity index (χ0v) is 10.3. The van der Waals surface area contributed by atoms with Crippen LogP contribution < -0.4 is 16.4 Å². The highest BCUT2D eigenvalue weighted by molar-refractivity contribution is 5.95. The summed E-state index contributed by atoms with van der Waals surface area (Å²) in [6, 6.07) is 8.63. The molecule has 0 spiro atoms. The Morgan fingerprint density at radius 1 is 1.39 bits per heavy atom. The summed E-state index contributed by atoms with van der Waals surface area (Å²) in [7, 11) is 3.38. The minimum atomic E-state index is -0.522. The molecule has 0 unspecified atom stereocenters. The number of carbonyl (C=O) groups is 1. The molecule has 0 fully saturated rings. The average molecular weight is 245 g/mol. The number of hydrogen-bond acceptors (Lipinski definition) is 3. The average Bonchev–Trinajstić information content (AvgIpc) is 2.68. The SMILES string of the molecule is CN(C(N)=O)c1ccccc1-c1cc(N)n(C)n1. The van der Waals surface area contributed by atoms with E-state index in [1.165, 1.54) is 4.90 Å². The van der Waals surface area contributed by atoms with Gasteiger partial charge in [0.2, 0.25) is 0 Å². The molecule has 18 heavy (non-hydrogen) atoms. The number of urea groups is 1. The maximum Gasteiger partial charge on any atom is 0.319 e. The first kappa shape index (κ1) is 12.0. The summed E-state index contributed by atoms with van der Waals surface area (Å²) in [5, 5.41) is 4.30. The Morgan fingerprint density at radius 3 is 2.61 bits per heavy atom. The minimum Gasteiger partial charge on any atom is -0.384 e. The van der Waals surface area contributed by atoms with Crippen molar-refractivity contribution in [1.82, 2.24) is 9.78 Å². The molecule has 4 N–H and O–H groups in total. The van der Waals surface area contributed by atoms with Crippen molar-refractivity contribution >= 4 is 17.5 Å². The molecule has 2 rings (SSSR count). The fourth-order valence-electron chi connectivity index (χ4n) is 1.71. The second kappa shape index (κ2) is 4.40. The highest BCUT2D eigenvalue weighted by atomic mass is 16.2. The van der Waals surface area contributed by atoms with Gasteiger partial charge in [0.25, 0.3) is 0 Å². The molecule has 1 heterocycles. The first-order valence-electron chi connectivity index (χ1n) is 5.43. The van der Waals surface area contributed by atoms with Crippen LogP contribution in [0.3, 0.4) is 0 Å². The van der Waals surface area contributed by atoms with E-state index >= 15 is 0 Å². The van der Waals surface area contributed by atoms with Gasteiger partial charge < -0.3 is 11.5 Å². The summed E-state index contributed by atoms with van der Waals surface area (Å²) in [5.74, 6) is 0.557. The van der Waals surface area contributed by atoms with E-state index in [4.69, 9.17) is 11.5 Å². The molecule has 1 aromatic carbocycles. The third-order valence-corrected chi connectivity index (χ3v) is 2.79. The number of para-hydroxylation sites is 1. The van der Waals surface area contributed by atoms with Gasteiger partial charge in [-0.05, 0) is 6.07 Å². The highest BCUT2D eigenvalue weighted by Gasteiger charge is 2.14. The fraction of sp³-hybridized carbons (Fsp3) is 0.167. The van der Waals surface area contributed by atoms with Gasteiger partial charge in [-0.3, -0.25) is 9.58 Å². The van der Waals surface area contributed by atoms with Crippen LogP contribution in [0.2, 0.25) is 0 Å². The fourth-order valence-corrected chi connectivity index (χ4v) is 1.71. The quantitative estimate of drug-likeness (QED) is 0.832. The van der Waals surface area contributed by atoms with Crippen LogP contribution in [0.5, 0.6) is 0 Å². The zero-order chi connectivity index (χ0) is 13.3. The summed E-state index contributed by atoms with van der Waals surface area (Å²) in [5.41, 5.74) is 13.3. The maximum absolute atomic E-state index is 11.3. The van der Waals surface area contributed by atoms with E-state index in [9.17, 15) is 4.79 Å². The Morgan fingerprint density at radius 2 is 2.06 bits per heavy atom. The first-order chi connectivity index (χ1) is 8.50. The predicted molar refractivity (Wildman–Crippen MR) is 71.0 cm³/mol. The molecule has 2 amide bonds. The number of rotatable bonds is 2. The zero-order valence-electron chi connectivity index (χ0n) is 10.3. The van der Waals surface area contributed by atoms with Crippen LogP contribution in [0.25, 0.3) is 11.3 Å². The van der Waals surface area contributed by atoms with E-state index in [0.29, 0.717) is 17.2 Å². The third kappa shape index (κ3) is 2.00. The van der Waals surface area contributed by atoms with Crippen LogP contribution in [0.4, 0.5) is 16.3 Å². The van der Waals surface area contributed by atoms with Gasteiger partial charge in [-0.25, -0.2) is 4.79 Å². The molecule has 0 bridgehead atoms. The van der Waals surface area contributed by atoms with Crippen molar-refractivity contribution in [2.24, 2.45) is 12.8 Å². The number of hydrogen-bond donors (Lipinski definition) is 2. The van der Waals surface area contributed by atoms with Gasteiger partial charge in [0, 0.05) is 25.7 Å². The number of nitrogens with zero attached hydrogens (tertiary/aromatic N) is 3. The molecule has 0 atom stereocenters. The number of nitrogens with two attached hydrogens (primary N) is 2. The molecule has 6 heteroatoms. The summed E-state index contributed by atoms with van der Waals surface area (Å²) < 4.78 is 1.58. The molecule has 2 aromatic rings. The lowest BCUT2D eigenvalue weighted by Gasteiger charge is -2.17. The summed E-state index contributed by atoms with van der Waals surface area (Å²) in [4.78, 5) is 12.6. The largest absolute Gasteiger partial charge is 0.384 e. The van der Waals surface area contributed by atoms with E-state index in [1.807, 2.05) is 24.3 Å². The van der Waals surface area contributed by atoms with Crippen LogP contribution >= 0.6 is 0 Å². The van der Waals surface area contributed by atoms with Crippen molar-refractivity contribution in [3.63, 3.8) is 0 Å². The molecule has 6 nitrogen and oxygen atoms in total. The Balaban J connectivity index is 2.54. The standard InChI is InChI=1S/C12H15N5O/c1-16(12(14)18)10-6-4-3-5-8(10)9-7-11(13)17(2)15-9/h3-7H,13H2,1-2H3,(H2,14,18). The number of carbonyl (C=O) groups excluding carboxylic acids is 1. The number of nitrogen functional groups attached to an aromatic ring is 1. The van der Waals surface area contributed by atoms with Gasteiger partial charge in [0.1, 0.15) is 5.82 Å². The number of benzene rings is 1. The van der Waals surface area contributed by atoms with Crippen LogP contribution in [0, 0.1) is 0 Å². The van der Waals surface area contributed by atoms with Crippen LogP contribution in [0.15, 0.2) is 30.3 Å². The van der Waals surface area contributed by atoms with E-state index in [-0.39, 0.29) is 0 Å². The second-order valence-electron chi connectivity index (χ2n) is 3.99. The normalized spacial score (nSPS) is 10.3. The summed E-state index contributed by atoms with van der Waals surface area (Å²) >= 11 is 0. The van der Waals surface area contributed by atoms with Crippen molar-refractivity contribution in [2.45, 2.75) is 0 Å². The van der Waals surface area contributed by atoms with Gasteiger partial charge in [-0.2, -0.15) is 5.10 Å². The van der Waals surface area contributed by atoms with Crippen molar-refractivity contribution in [1.29, 1.82) is 0 Å². The Bertz CT molecular complexity index is 570.